The minimum absolute atomic E-state index is 0.205. The van der Waals surface area contributed by atoms with E-state index in [9.17, 15) is 4.79 Å². The van der Waals surface area contributed by atoms with Crippen molar-refractivity contribution >= 4 is 23.1 Å². The molecule has 1 N–H and O–H groups in total. The highest BCUT2D eigenvalue weighted by molar-refractivity contribution is 7.12. The Kier molecular flexibility index (Phi) is 4.93. The van der Waals surface area contributed by atoms with E-state index in [1.165, 1.54) is 11.3 Å². The second-order valence-corrected chi connectivity index (χ2v) is 7.81. The fraction of sp³-hybridized carbons (Fsp3) is 0.0417. The zero-order valence-corrected chi connectivity index (χ0v) is 17.5. The number of nitrogens with zero attached hydrogens (tertiary/aromatic N) is 3. The van der Waals surface area contributed by atoms with Crippen LogP contribution in [0.2, 0.25) is 0 Å². The summed E-state index contributed by atoms with van der Waals surface area (Å²) in [5, 5.41) is 10.00. The zero-order valence-electron chi connectivity index (χ0n) is 16.6. The molecule has 0 saturated carbocycles. The molecule has 31 heavy (non-hydrogen) atoms. The molecule has 6 nitrogen and oxygen atoms in total. The van der Waals surface area contributed by atoms with Gasteiger partial charge in [0.1, 0.15) is 11.5 Å². The molecule has 0 atom stereocenters. The van der Waals surface area contributed by atoms with Crippen LogP contribution < -0.4 is 5.32 Å². The molecule has 0 aliphatic heterocycles. The molecule has 0 aliphatic rings. The number of rotatable bonds is 5. The minimum atomic E-state index is -0.205. The molecule has 0 fully saturated rings. The predicted octanol–water partition coefficient (Wildman–Crippen LogP) is 5.82. The highest BCUT2D eigenvalue weighted by atomic mass is 32.1. The smallest absolute Gasteiger partial charge is 0.256 e. The van der Waals surface area contributed by atoms with Crippen molar-refractivity contribution in [2.75, 3.05) is 5.32 Å². The Bertz CT molecular complexity index is 1320. The average Bonchev–Trinajstić information content (AvgIpc) is 3.55. The van der Waals surface area contributed by atoms with Crippen molar-refractivity contribution in [1.82, 2.24) is 14.8 Å². The topological polar surface area (TPSA) is 73.0 Å². The third-order valence-electron chi connectivity index (χ3n) is 4.77. The Labute approximate surface area is 182 Å². The van der Waals surface area contributed by atoms with Crippen LogP contribution in [0.1, 0.15) is 16.1 Å². The van der Waals surface area contributed by atoms with Crippen LogP contribution in [0.3, 0.4) is 0 Å². The highest BCUT2D eigenvalue weighted by Crippen LogP contribution is 2.27. The summed E-state index contributed by atoms with van der Waals surface area (Å²) in [5.41, 5.74) is 4.25. The zero-order chi connectivity index (χ0) is 21.2. The predicted molar refractivity (Wildman–Crippen MR) is 122 cm³/mol. The number of carbonyl (C=O) groups excluding carboxylic acids is 1. The van der Waals surface area contributed by atoms with Gasteiger partial charge in [-0.05, 0) is 42.3 Å². The number of anilines is 1. The number of amides is 1. The Morgan fingerprint density at radius 1 is 1.00 bits per heavy atom. The molecule has 1 amide bonds. The summed E-state index contributed by atoms with van der Waals surface area (Å²) < 4.78 is 7.05. The molecule has 0 bridgehead atoms. The lowest BCUT2D eigenvalue weighted by Gasteiger charge is -2.07. The van der Waals surface area contributed by atoms with Gasteiger partial charge in [0.2, 0.25) is 5.13 Å². The van der Waals surface area contributed by atoms with E-state index >= 15 is 0 Å². The molecule has 0 saturated heterocycles. The molecular formula is C24H18N4O2S. The fourth-order valence-corrected chi connectivity index (χ4v) is 4.04. The first-order chi connectivity index (χ1) is 15.2. The average molecular weight is 427 g/mol. The number of hydrogen-bond donors (Lipinski definition) is 1. The first-order valence-corrected chi connectivity index (χ1v) is 10.6. The largest absolute Gasteiger partial charge is 0.463 e. The lowest BCUT2D eigenvalue weighted by molar-refractivity contribution is 0.102. The Morgan fingerprint density at radius 3 is 2.52 bits per heavy atom. The van der Waals surface area contributed by atoms with Gasteiger partial charge in [-0.15, -0.1) is 11.3 Å². The number of benzene rings is 2. The molecular weight excluding hydrogens is 408 g/mol. The van der Waals surface area contributed by atoms with Crippen molar-refractivity contribution in [1.29, 1.82) is 0 Å². The summed E-state index contributed by atoms with van der Waals surface area (Å²) in [6.07, 6.45) is 1.61. The van der Waals surface area contributed by atoms with Gasteiger partial charge in [0, 0.05) is 17.0 Å². The minimum Gasteiger partial charge on any atom is -0.463 e. The fourth-order valence-electron chi connectivity index (χ4n) is 3.27. The number of hydrogen-bond acceptors (Lipinski definition) is 5. The van der Waals surface area contributed by atoms with Crippen molar-refractivity contribution in [3.05, 3.63) is 95.7 Å². The molecule has 0 radical (unpaired) electrons. The maximum atomic E-state index is 12.9. The van der Waals surface area contributed by atoms with E-state index in [2.05, 4.69) is 15.4 Å². The van der Waals surface area contributed by atoms with E-state index in [0.29, 0.717) is 22.3 Å². The number of nitrogens with one attached hydrogen (secondary N) is 1. The first kappa shape index (κ1) is 19.0. The molecule has 5 aromatic rings. The number of furan rings is 1. The molecule has 0 spiro atoms. The second-order valence-electron chi connectivity index (χ2n) is 6.97. The van der Waals surface area contributed by atoms with Gasteiger partial charge in [0.25, 0.3) is 5.91 Å². The van der Waals surface area contributed by atoms with Gasteiger partial charge in [-0.1, -0.05) is 42.5 Å². The van der Waals surface area contributed by atoms with Gasteiger partial charge in [-0.3, -0.25) is 4.79 Å². The van der Waals surface area contributed by atoms with Gasteiger partial charge in [0.15, 0.2) is 5.76 Å². The number of aromatic nitrogens is 3. The van der Waals surface area contributed by atoms with Crippen molar-refractivity contribution in [3.63, 3.8) is 0 Å². The number of thiazole rings is 1. The summed E-state index contributed by atoms with van der Waals surface area (Å²) in [5.74, 6) is 1.05. The number of carbonyl (C=O) groups is 1. The van der Waals surface area contributed by atoms with Crippen LogP contribution in [0.15, 0.2) is 88.9 Å². The number of aryl methyl sites for hydroxylation is 1. The highest BCUT2D eigenvalue weighted by Gasteiger charge is 2.16. The van der Waals surface area contributed by atoms with E-state index in [4.69, 9.17) is 4.42 Å². The first-order valence-electron chi connectivity index (χ1n) is 9.71. The van der Waals surface area contributed by atoms with E-state index in [-0.39, 0.29) is 5.91 Å². The van der Waals surface area contributed by atoms with Gasteiger partial charge in [-0.25, -0.2) is 4.98 Å². The van der Waals surface area contributed by atoms with Gasteiger partial charge >= 0.3 is 0 Å². The summed E-state index contributed by atoms with van der Waals surface area (Å²) >= 11 is 1.43. The summed E-state index contributed by atoms with van der Waals surface area (Å²) in [6, 6.07) is 23.1. The monoisotopic (exact) mass is 426 g/mol. The normalized spacial score (nSPS) is 10.9. The summed E-state index contributed by atoms with van der Waals surface area (Å²) in [4.78, 5) is 17.5. The van der Waals surface area contributed by atoms with Crippen LogP contribution in [0, 0.1) is 6.92 Å². The van der Waals surface area contributed by atoms with Crippen LogP contribution in [-0.2, 0) is 0 Å². The van der Waals surface area contributed by atoms with Crippen LogP contribution in [0.4, 0.5) is 5.82 Å². The van der Waals surface area contributed by atoms with Crippen molar-refractivity contribution in [3.8, 4) is 27.7 Å². The molecule has 5 rings (SSSR count). The van der Waals surface area contributed by atoms with E-state index in [0.717, 1.165) is 22.5 Å². The van der Waals surface area contributed by atoms with E-state index in [1.807, 2.05) is 85.1 Å². The Balaban J connectivity index is 1.38. The molecule has 0 aliphatic carbocycles. The van der Waals surface area contributed by atoms with E-state index in [1.54, 1.807) is 10.9 Å². The molecule has 3 aromatic heterocycles. The quantitative estimate of drug-likeness (QED) is 0.384. The summed E-state index contributed by atoms with van der Waals surface area (Å²) in [6.45, 7) is 1.88. The molecule has 7 heteroatoms. The van der Waals surface area contributed by atoms with Crippen LogP contribution in [-0.4, -0.2) is 20.7 Å². The van der Waals surface area contributed by atoms with Gasteiger partial charge in [0.05, 0.1) is 12.0 Å². The lowest BCUT2D eigenvalue weighted by atomic mass is 10.0. The maximum absolute atomic E-state index is 12.9. The van der Waals surface area contributed by atoms with Crippen molar-refractivity contribution in [2.24, 2.45) is 0 Å². The van der Waals surface area contributed by atoms with Crippen LogP contribution >= 0.6 is 11.3 Å². The molecule has 152 valence electrons. The molecule has 0 unspecified atom stereocenters. The second kappa shape index (κ2) is 8.04. The standard InChI is InChI=1S/C24H18N4O2S/c1-16-14-22(28(27-16)24-25-20(15-31-24)21-8-5-13-30-21)26-23(29)19-11-9-18(10-12-19)17-6-3-2-4-7-17/h2-15H,1H3,(H,26,29). The van der Waals surface area contributed by atoms with Crippen LogP contribution in [0.25, 0.3) is 27.7 Å². The Hall–Kier alpha value is -3.97. The SMILES string of the molecule is Cc1cc(NC(=O)c2ccc(-c3ccccc3)cc2)n(-c2nc(-c3ccco3)cs2)n1. The molecule has 2 aromatic carbocycles. The van der Waals surface area contributed by atoms with Crippen molar-refractivity contribution in [2.45, 2.75) is 6.92 Å². The van der Waals surface area contributed by atoms with Gasteiger partial charge in [-0.2, -0.15) is 9.78 Å². The van der Waals surface area contributed by atoms with Crippen LogP contribution in [0.5, 0.6) is 0 Å². The summed E-state index contributed by atoms with van der Waals surface area (Å²) in [7, 11) is 0. The third kappa shape index (κ3) is 3.91. The molecule has 3 heterocycles. The Morgan fingerprint density at radius 2 is 1.77 bits per heavy atom. The lowest BCUT2D eigenvalue weighted by Crippen LogP contribution is -2.15. The van der Waals surface area contributed by atoms with Gasteiger partial charge < -0.3 is 9.73 Å². The maximum Gasteiger partial charge on any atom is 0.256 e. The van der Waals surface area contributed by atoms with E-state index < -0.39 is 0 Å². The third-order valence-corrected chi connectivity index (χ3v) is 5.59. The van der Waals surface area contributed by atoms with Crippen molar-refractivity contribution < 1.29 is 9.21 Å².